The first kappa shape index (κ1) is 25.3. The molecule has 3 unspecified atom stereocenters. The van der Waals surface area contributed by atoms with Gasteiger partial charge in [-0.1, -0.05) is 18.2 Å². The van der Waals surface area contributed by atoms with E-state index in [-0.39, 0.29) is 18.2 Å². The van der Waals surface area contributed by atoms with E-state index in [4.69, 9.17) is 0 Å². The van der Waals surface area contributed by atoms with Crippen LogP contribution in [0.1, 0.15) is 54.7 Å². The highest BCUT2D eigenvalue weighted by Gasteiger charge is 2.40. The van der Waals surface area contributed by atoms with Crippen molar-refractivity contribution in [1.82, 2.24) is 30.2 Å². The highest BCUT2D eigenvalue weighted by atomic mass is 19.1. The van der Waals surface area contributed by atoms with Gasteiger partial charge in [-0.05, 0) is 67.3 Å². The first-order valence-electron chi connectivity index (χ1n) is 13.1. The number of aliphatic hydroxyl groups is 1. The van der Waals surface area contributed by atoms with Crippen LogP contribution in [-0.2, 0) is 16.1 Å². The number of carbonyl (C=O) groups excluding carboxylic acids is 2. The Bertz CT molecular complexity index is 1540. The third-order valence-corrected chi connectivity index (χ3v) is 7.89. The second-order valence-corrected chi connectivity index (χ2v) is 10.7. The van der Waals surface area contributed by atoms with Crippen molar-refractivity contribution in [1.29, 1.82) is 0 Å². The van der Waals surface area contributed by atoms with Gasteiger partial charge in [-0.15, -0.1) is 0 Å². The molecule has 39 heavy (non-hydrogen) atoms. The standard InChI is InChI=1S/C29H29FN6O3/c1-29(39)17-35(16-18-2-4-20(5-3-18)36-32-11-12-33-36)13-10-24(29)22-6-8-25-23(27(22)30)14-19(15-31-25)21-7-9-26(37)34-28(21)38/h2-6,8,11-12,14-15,21,24,39H,7,9-10,13,16-17H2,1H3,(H,34,37,38). The van der Waals surface area contributed by atoms with Gasteiger partial charge in [0, 0.05) is 37.0 Å². The first-order valence-corrected chi connectivity index (χ1v) is 13.1. The van der Waals surface area contributed by atoms with E-state index in [1.807, 2.05) is 24.3 Å². The van der Waals surface area contributed by atoms with Crippen LogP contribution in [0, 0.1) is 5.82 Å². The molecule has 0 spiro atoms. The zero-order chi connectivity index (χ0) is 27.1. The Morgan fingerprint density at radius 1 is 1.10 bits per heavy atom. The Morgan fingerprint density at radius 2 is 1.87 bits per heavy atom. The monoisotopic (exact) mass is 528 g/mol. The van der Waals surface area contributed by atoms with Gasteiger partial charge >= 0.3 is 0 Å². The minimum absolute atomic E-state index is 0.240. The van der Waals surface area contributed by atoms with Crippen molar-refractivity contribution in [2.45, 2.75) is 50.2 Å². The fraction of sp³-hybridized carbons (Fsp3) is 0.345. The van der Waals surface area contributed by atoms with E-state index in [9.17, 15) is 14.7 Å². The zero-order valence-corrected chi connectivity index (χ0v) is 21.5. The molecule has 4 aromatic rings. The molecule has 2 aliphatic heterocycles. The highest BCUT2D eigenvalue weighted by Crippen LogP contribution is 2.39. The molecule has 3 atom stereocenters. The van der Waals surface area contributed by atoms with E-state index >= 15 is 4.39 Å². The van der Waals surface area contributed by atoms with Crippen molar-refractivity contribution in [2.75, 3.05) is 13.1 Å². The molecule has 2 aromatic heterocycles. The zero-order valence-electron chi connectivity index (χ0n) is 21.5. The summed E-state index contributed by atoms with van der Waals surface area (Å²) >= 11 is 0. The van der Waals surface area contributed by atoms with Crippen molar-refractivity contribution in [3.05, 3.63) is 83.6 Å². The van der Waals surface area contributed by atoms with Crippen LogP contribution in [-0.4, -0.2) is 60.5 Å². The van der Waals surface area contributed by atoms with Crippen molar-refractivity contribution in [2.24, 2.45) is 0 Å². The van der Waals surface area contributed by atoms with Gasteiger partial charge in [-0.25, -0.2) is 4.39 Å². The number of hydrogen-bond donors (Lipinski definition) is 2. The lowest BCUT2D eigenvalue weighted by Gasteiger charge is -2.43. The summed E-state index contributed by atoms with van der Waals surface area (Å²) < 4.78 is 16.0. The maximum absolute atomic E-state index is 16.0. The number of nitrogens with one attached hydrogen (secondary N) is 1. The molecule has 0 aliphatic carbocycles. The average Bonchev–Trinajstić information content (AvgIpc) is 3.45. The number of benzene rings is 2. The molecule has 6 rings (SSSR count). The van der Waals surface area contributed by atoms with Gasteiger partial charge in [0.2, 0.25) is 11.8 Å². The van der Waals surface area contributed by atoms with Crippen LogP contribution in [0.15, 0.2) is 61.1 Å². The Balaban J connectivity index is 1.20. The van der Waals surface area contributed by atoms with Gasteiger partial charge in [0.25, 0.3) is 0 Å². The molecule has 10 heteroatoms. The fourth-order valence-corrected chi connectivity index (χ4v) is 5.90. The maximum Gasteiger partial charge on any atom is 0.234 e. The molecule has 2 amide bonds. The molecule has 200 valence electrons. The number of imide groups is 1. The summed E-state index contributed by atoms with van der Waals surface area (Å²) in [5.41, 5.74) is 2.34. The summed E-state index contributed by atoms with van der Waals surface area (Å²) in [4.78, 5) is 32.0. The van der Waals surface area contributed by atoms with Crippen molar-refractivity contribution < 1.29 is 19.1 Å². The Labute approximate surface area is 224 Å². The normalized spacial score (nSPS) is 24.2. The Morgan fingerprint density at radius 3 is 2.59 bits per heavy atom. The number of fused-ring (bicyclic) bond motifs is 1. The van der Waals surface area contributed by atoms with Crippen LogP contribution in [0.4, 0.5) is 4.39 Å². The highest BCUT2D eigenvalue weighted by molar-refractivity contribution is 6.01. The summed E-state index contributed by atoms with van der Waals surface area (Å²) in [7, 11) is 0. The van der Waals surface area contributed by atoms with Crippen LogP contribution in [0.5, 0.6) is 0 Å². The molecular weight excluding hydrogens is 499 g/mol. The number of hydrogen-bond acceptors (Lipinski definition) is 7. The third kappa shape index (κ3) is 4.93. The van der Waals surface area contributed by atoms with Crippen LogP contribution >= 0.6 is 0 Å². The molecular formula is C29H29FN6O3. The Kier molecular flexibility index (Phi) is 6.44. The number of likely N-dealkylation sites (tertiary alicyclic amines) is 1. The molecule has 0 bridgehead atoms. The van der Waals surface area contributed by atoms with Crippen LogP contribution in [0.3, 0.4) is 0 Å². The van der Waals surface area contributed by atoms with Crippen LogP contribution in [0.25, 0.3) is 16.6 Å². The maximum atomic E-state index is 16.0. The van der Waals surface area contributed by atoms with Crippen LogP contribution in [0.2, 0.25) is 0 Å². The molecule has 2 aliphatic rings. The predicted octanol–water partition coefficient (Wildman–Crippen LogP) is 3.22. The lowest BCUT2D eigenvalue weighted by Crippen LogP contribution is -2.50. The molecule has 2 N–H and O–H groups in total. The van der Waals surface area contributed by atoms with Crippen molar-refractivity contribution in [3.63, 3.8) is 0 Å². The minimum Gasteiger partial charge on any atom is -0.388 e. The van der Waals surface area contributed by atoms with Gasteiger partial charge < -0.3 is 5.11 Å². The molecule has 0 radical (unpaired) electrons. The van der Waals surface area contributed by atoms with Gasteiger partial charge in [-0.2, -0.15) is 15.0 Å². The number of amides is 2. The number of β-amino-alcohol motifs (C(OH)–C–C–N with tert-alkyl or cyclic N) is 1. The predicted molar refractivity (Wildman–Crippen MR) is 141 cm³/mol. The number of nitrogens with zero attached hydrogens (tertiary/aromatic N) is 5. The number of rotatable bonds is 5. The molecule has 9 nitrogen and oxygen atoms in total. The summed E-state index contributed by atoms with van der Waals surface area (Å²) in [5, 5.41) is 22.5. The fourth-order valence-electron chi connectivity index (χ4n) is 5.90. The lowest BCUT2D eigenvalue weighted by molar-refractivity contribution is -0.134. The van der Waals surface area contributed by atoms with Crippen molar-refractivity contribution in [3.8, 4) is 5.69 Å². The first-order chi connectivity index (χ1) is 18.8. The number of piperidine rings is 2. The van der Waals surface area contributed by atoms with E-state index in [0.29, 0.717) is 54.5 Å². The van der Waals surface area contributed by atoms with E-state index in [1.165, 1.54) is 0 Å². The van der Waals surface area contributed by atoms with Crippen molar-refractivity contribution >= 4 is 22.7 Å². The summed E-state index contributed by atoms with van der Waals surface area (Å²) in [6.07, 6.45) is 6.04. The summed E-state index contributed by atoms with van der Waals surface area (Å²) in [6, 6.07) is 13.1. The van der Waals surface area contributed by atoms with E-state index < -0.39 is 23.3 Å². The van der Waals surface area contributed by atoms with E-state index in [2.05, 4.69) is 25.4 Å². The Hall–Kier alpha value is -4.02. The second kappa shape index (κ2) is 9.94. The smallest absolute Gasteiger partial charge is 0.234 e. The minimum atomic E-state index is -1.15. The molecule has 2 fully saturated rings. The quantitative estimate of drug-likeness (QED) is 0.383. The SMILES string of the molecule is CC1(O)CN(Cc2ccc(-n3nccn3)cc2)CCC1c1ccc2ncc(C3CCC(=O)NC3=O)cc2c1F. The molecule has 2 aromatic carbocycles. The van der Waals surface area contributed by atoms with E-state index in [0.717, 1.165) is 11.3 Å². The van der Waals surface area contributed by atoms with Crippen LogP contribution < -0.4 is 5.32 Å². The number of aromatic nitrogens is 4. The van der Waals surface area contributed by atoms with Gasteiger partial charge in [0.1, 0.15) is 5.82 Å². The number of carbonyl (C=O) groups is 2. The molecule has 2 saturated heterocycles. The van der Waals surface area contributed by atoms with Gasteiger partial charge in [0.05, 0.1) is 35.1 Å². The number of halogens is 1. The van der Waals surface area contributed by atoms with E-state index in [1.54, 1.807) is 48.5 Å². The summed E-state index contributed by atoms with van der Waals surface area (Å²) in [5.74, 6) is -2.04. The topological polar surface area (TPSA) is 113 Å². The lowest BCUT2D eigenvalue weighted by atomic mass is 9.77. The third-order valence-electron chi connectivity index (χ3n) is 7.89. The molecule has 0 saturated carbocycles. The summed E-state index contributed by atoms with van der Waals surface area (Å²) in [6.45, 7) is 3.52. The van der Waals surface area contributed by atoms with Gasteiger partial charge in [-0.3, -0.25) is 24.8 Å². The average molecular weight is 529 g/mol. The molecule has 4 heterocycles. The number of pyridine rings is 1. The largest absolute Gasteiger partial charge is 0.388 e. The van der Waals surface area contributed by atoms with Gasteiger partial charge in [0.15, 0.2) is 0 Å². The second-order valence-electron chi connectivity index (χ2n) is 10.7.